The van der Waals surface area contributed by atoms with Gasteiger partial charge in [0.25, 0.3) is 5.91 Å². The molecule has 2 rings (SSSR count). The largest absolute Gasteiger partial charge is 0.398 e. The number of nitrogens with one attached hydrogen (secondary N) is 1. The van der Waals surface area contributed by atoms with Crippen LogP contribution in [-0.2, 0) is 6.54 Å². The Balaban J connectivity index is 2.02. The summed E-state index contributed by atoms with van der Waals surface area (Å²) in [6.07, 6.45) is 0. The number of anilines is 1. The number of halogens is 1. The molecule has 17 heavy (non-hydrogen) atoms. The smallest absolute Gasteiger partial charge is 0.251 e. The molecule has 1 amide bonds. The second kappa shape index (κ2) is 5.33. The highest BCUT2D eigenvalue weighted by molar-refractivity contribution is 9.10. The highest BCUT2D eigenvalue weighted by Crippen LogP contribution is 2.20. The van der Waals surface area contributed by atoms with Gasteiger partial charge in [-0.15, -0.1) is 11.3 Å². The summed E-state index contributed by atoms with van der Waals surface area (Å²) in [5, 5.41) is 4.85. The molecule has 0 bridgehead atoms. The van der Waals surface area contributed by atoms with Crippen LogP contribution < -0.4 is 11.1 Å². The maximum atomic E-state index is 11.8. The molecule has 88 valence electrons. The number of nitrogen functional groups attached to an aromatic ring is 1. The molecule has 0 spiro atoms. The molecule has 5 heteroatoms. The van der Waals surface area contributed by atoms with Crippen molar-refractivity contribution >= 4 is 38.9 Å². The molecular formula is C12H11BrN2OS. The quantitative estimate of drug-likeness (QED) is 0.856. The Kier molecular flexibility index (Phi) is 3.81. The molecule has 0 saturated heterocycles. The monoisotopic (exact) mass is 310 g/mol. The van der Waals surface area contributed by atoms with Crippen LogP contribution in [0.4, 0.5) is 5.69 Å². The van der Waals surface area contributed by atoms with Gasteiger partial charge in [0.1, 0.15) is 0 Å². The van der Waals surface area contributed by atoms with E-state index >= 15 is 0 Å². The van der Waals surface area contributed by atoms with Crippen molar-refractivity contribution in [1.29, 1.82) is 0 Å². The lowest BCUT2D eigenvalue weighted by Gasteiger charge is -2.05. The number of hydrogen-bond acceptors (Lipinski definition) is 3. The van der Waals surface area contributed by atoms with Crippen molar-refractivity contribution in [2.45, 2.75) is 6.54 Å². The minimum Gasteiger partial charge on any atom is -0.398 e. The van der Waals surface area contributed by atoms with E-state index < -0.39 is 0 Å². The van der Waals surface area contributed by atoms with Gasteiger partial charge in [-0.3, -0.25) is 4.79 Å². The first kappa shape index (κ1) is 12.1. The summed E-state index contributed by atoms with van der Waals surface area (Å²) in [4.78, 5) is 13.0. The van der Waals surface area contributed by atoms with Crippen LogP contribution in [0, 0.1) is 0 Å². The number of rotatable bonds is 3. The van der Waals surface area contributed by atoms with Crippen molar-refractivity contribution < 1.29 is 4.79 Å². The van der Waals surface area contributed by atoms with Crippen molar-refractivity contribution in [2.75, 3.05) is 5.73 Å². The van der Waals surface area contributed by atoms with Gasteiger partial charge in [-0.05, 0) is 45.6 Å². The Hall–Kier alpha value is -1.33. The third-order valence-electron chi connectivity index (χ3n) is 2.27. The summed E-state index contributed by atoms with van der Waals surface area (Å²) < 4.78 is 0.737. The number of thiophene rings is 1. The normalized spacial score (nSPS) is 10.2. The number of amides is 1. The number of nitrogens with two attached hydrogens (primary N) is 1. The van der Waals surface area contributed by atoms with Gasteiger partial charge >= 0.3 is 0 Å². The summed E-state index contributed by atoms with van der Waals surface area (Å²) in [6, 6.07) is 9.10. The summed E-state index contributed by atoms with van der Waals surface area (Å²) in [5.41, 5.74) is 6.89. The Labute approximate surface area is 112 Å². The lowest BCUT2D eigenvalue weighted by molar-refractivity contribution is 0.0951. The van der Waals surface area contributed by atoms with Crippen molar-refractivity contribution in [3.8, 4) is 0 Å². The van der Waals surface area contributed by atoms with Crippen LogP contribution in [0.1, 0.15) is 15.2 Å². The standard InChI is InChI=1S/C12H11BrN2OS/c13-10-6-8(3-4-11(10)14)12(16)15-7-9-2-1-5-17-9/h1-6H,7,14H2,(H,15,16). The fourth-order valence-electron chi connectivity index (χ4n) is 1.35. The van der Waals surface area contributed by atoms with Gasteiger partial charge in [0, 0.05) is 20.6 Å². The van der Waals surface area contributed by atoms with E-state index in [1.165, 1.54) is 0 Å². The van der Waals surface area contributed by atoms with Crippen LogP contribution in [0.15, 0.2) is 40.2 Å². The maximum absolute atomic E-state index is 11.8. The van der Waals surface area contributed by atoms with Gasteiger partial charge < -0.3 is 11.1 Å². The Morgan fingerprint density at radius 3 is 2.88 bits per heavy atom. The zero-order valence-corrected chi connectivity index (χ0v) is 11.3. The summed E-state index contributed by atoms with van der Waals surface area (Å²) >= 11 is 4.92. The lowest BCUT2D eigenvalue weighted by atomic mass is 10.2. The molecule has 0 aliphatic carbocycles. The molecule has 1 aromatic heterocycles. The van der Waals surface area contributed by atoms with E-state index in [1.807, 2.05) is 17.5 Å². The van der Waals surface area contributed by atoms with Crippen LogP contribution >= 0.6 is 27.3 Å². The summed E-state index contributed by atoms with van der Waals surface area (Å²) in [7, 11) is 0. The van der Waals surface area contributed by atoms with Crippen LogP contribution in [0.3, 0.4) is 0 Å². The van der Waals surface area contributed by atoms with E-state index in [2.05, 4.69) is 21.2 Å². The molecule has 3 N–H and O–H groups in total. The molecule has 0 saturated carbocycles. The Morgan fingerprint density at radius 1 is 1.41 bits per heavy atom. The van der Waals surface area contributed by atoms with Crippen LogP contribution in [0.25, 0.3) is 0 Å². The van der Waals surface area contributed by atoms with Crippen LogP contribution in [0.2, 0.25) is 0 Å². The van der Waals surface area contributed by atoms with Crippen molar-refractivity contribution in [1.82, 2.24) is 5.32 Å². The van der Waals surface area contributed by atoms with Gasteiger partial charge in [0.05, 0.1) is 6.54 Å². The van der Waals surface area contributed by atoms with E-state index in [0.29, 0.717) is 17.8 Å². The van der Waals surface area contributed by atoms with Crippen LogP contribution in [0.5, 0.6) is 0 Å². The van der Waals surface area contributed by atoms with Gasteiger partial charge in [-0.2, -0.15) is 0 Å². The van der Waals surface area contributed by atoms with Crippen molar-refractivity contribution in [2.24, 2.45) is 0 Å². The third-order valence-corrected chi connectivity index (χ3v) is 3.83. The molecule has 3 nitrogen and oxygen atoms in total. The topological polar surface area (TPSA) is 55.1 Å². The highest BCUT2D eigenvalue weighted by atomic mass is 79.9. The average molecular weight is 311 g/mol. The molecule has 1 aromatic carbocycles. The summed E-state index contributed by atoms with van der Waals surface area (Å²) in [6.45, 7) is 0.554. The third kappa shape index (κ3) is 3.08. The highest BCUT2D eigenvalue weighted by Gasteiger charge is 2.07. The maximum Gasteiger partial charge on any atom is 0.251 e. The van der Waals surface area contributed by atoms with Gasteiger partial charge in [-0.25, -0.2) is 0 Å². The minimum atomic E-state index is -0.0981. The second-order valence-electron chi connectivity index (χ2n) is 3.50. The Bertz CT molecular complexity index is 525. The summed E-state index contributed by atoms with van der Waals surface area (Å²) in [5.74, 6) is -0.0981. The molecule has 0 unspecified atom stereocenters. The number of carbonyl (C=O) groups excluding carboxylic acids is 1. The molecule has 0 aliphatic rings. The van der Waals surface area contributed by atoms with E-state index in [1.54, 1.807) is 29.5 Å². The van der Waals surface area contributed by atoms with Gasteiger partial charge in [-0.1, -0.05) is 6.07 Å². The molecular weight excluding hydrogens is 300 g/mol. The molecule has 0 aliphatic heterocycles. The van der Waals surface area contributed by atoms with Gasteiger partial charge in [0.2, 0.25) is 0 Å². The molecule has 0 atom stereocenters. The Morgan fingerprint density at radius 2 is 2.24 bits per heavy atom. The first-order valence-electron chi connectivity index (χ1n) is 5.02. The van der Waals surface area contributed by atoms with Crippen molar-refractivity contribution in [3.63, 3.8) is 0 Å². The molecule has 0 radical (unpaired) electrons. The average Bonchev–Trinajstić information content (AvgIpc) is 2.82. The lowest BCUT2D eigenvalue weighted by Crippen LogP contribution is -2.22. The first-order valence-corrected chi connectivity index (χ1v) is 6.69. The number of benzene rings is 1. The van der Waals surface area contributed by atoms with E-state index in [4.69, 9.17) is 5.73 Å². The number of hydrogen-bond donors (Lipinski definition) is 2. The SMILES string of the molecule is Nc1ccc(C(=O)NCc2cccs2)cc1Br. The zero-order valence-electron chi connectivity index (χ0n) is 8.94. The molecule has 0 fully saturated rings. The first-order chi connectivity index (χ1) is 8.16. The van der Waals surface area contributed by atoms with E-state index in [9.17, 15) is 4.79 Å². The van der Waals surface area contributed by atoms with Crippen molar-refractivity contribution in [3.05, 3.63) is 50.6 Å². The molecule has 2 aromatic rings. The van der Waals surface area contributed by atoms with Crippen LogP contribution in [-0.4, -0.2) is 5.91 Å². The predicted octanol–water partition coefficient (Wildman–Crippen LogP) is 3.02. The number of carbonyl (C=O) groups is 1. The molecule has 1 heterocycles. The van der Waals surface area contributed by atoms with E-state index in [-0.39, 0.29) is 5.91 Å². The van der Waals surface area contributed by atoms with Gasteiger partial charge in [0.15, 0.2) is 0 Å². The predicted molar refractivity (Wildman–Crippen MR) is 74.0 cm³/mol. The van der Waals surface area contributed by atoms with E-state index in [0.717, 1.165) is 9.35 Å². The zero-order chi connectivity index (χ0) is 12.3. The second-order valence-corrected chi connectivity index (χ2v) is 5.38. The fourth-order valence-corrected chi connectivity index (χ4v) is 2.37. The minimum absolute atomic E-state index is 0.0981. The fraction of sp³-hybridized carbons (Fsp3) is 0.0833.